The van der Waals surface area contributed by atoms with Gasteiger partial charge < -0.3 is 4.74 Å². The van der Waals surface area contributed by atoms with E-state index >= 15 is 0 Å². The van der Waals surface area contributed by atoms with E-state index in [1.807, 2.05) is 0 Å². The lowest BCUT2D eigenvalue weighted by atomic mass is 10.1. The van der Waals surface area contributed by atoms with E-state index in [1.54, 1.807) is 49.5 Å². The normalized spacial score (nSPS) is 12.1. The molecule has 138 valence electrons. The number of amides is 1. The summed E-state index contributed by atoms with van der Waals surface area (Å²) in [5, 5.41) is 11.2. The Morgan fingerprint density at radius 2 is 2.11 bits per heavy atom. The molecule has 0 unspecified atom stereocenters. The first kappa shape index (κ1) is 18.6. The molecular weight excluding hydrogens is 371 g/mol. The fourth-order valence-corrected chi connectivity index (χ4v) is 2.48. The van der Waals surface area contributed by atoms with E-state index in [0.717, 1.165) is 5.56 Å². The van der Waals surface area contributed by atoms with Crippen LogP contribution in [0.15, 0.2) is 59.8 Å². The van der Waals surface area contributed by atoms with Gasteiger partial charge in [-0.15, -0.1) is 0 Å². The summed E-state index contributed by atoms with van der Waals surface area (Å²) in [6.07, 6.45) is 2.24. The van der Waals surface area contributed by atoms with Gasteiger partial charge in [-0.25, -0.2) is 9.82 Å². The van der Waals surface area contributed by atoms with Crippen molar-refractivity contribution in [3.05, 3.63) is 71.1 Å². The largest absolute Gasteiger partial charge is 0.481 e. The number of H-pyrrole nitrogens is 1. The summed E-state index contributed by atoms with van der Waals surface area (Å²) in [4.78, 5) is 12.1. The molecule has 0 aliphatic rings. The molecule has 1 atom stereocenters. The van der Waals surface area contributed by atoms with Crippen molar-refractivity contribution in [1.82, 2.24) is 15.6 Å². The highest BCUT2D eigenvalue weighted by atomic mass is 35.5. The van der Waals surface area contributed by atoms with Gasteiger partial charge in [0.25, 0.3) is 5.91 Å². The van der Waals surface area contributed by atoms with Crippen molar-refractivity contribution in [2.24, 2.45) is 5.10 Å². The van der Waals surface area contributed by atoms with E-state index in [-0.39, 0.29) is 5.82 Å². The van der Waals surface area contributed by atoms with E-state index in [4.69, 9.17) is 16.3 Å². The number of carbonyl (C=O) groups excluding carboxylic acids is 1. The van der Waals surface area contributed by atoms with Gasteiger partial charge in [-0.3, -0.25) is 9.89 Å². The maximum atomic E-state index is 13.1. The van der Waals surface area contributed by atoms with Gasteiger partial charge in [0.05, 0.1) is 18.1 Å². The van der Waals surface area contributed by atoms with Crippen LogP contribution in [0.3, 0.4) is 0 Å². The third kappa shape index (κ3) is 4.92. The van der Waals surface area contributed by atoms with Crippen molar-refractivity contribution in [3.8, 4) is 17.0 Å². The Balaban J connectivity index is 1.61. The van der Waals surface area contributed by atoms with Gasteiger partial charge >= 0.3 is 0 Å². The summed E-state index contributed by atoms with van der Waals surface area (Å²) in [6.45, 7) is 1.60. The predicted molar refractivity (Wildman–Crippen MR) is 101 cm³/mol. The lowest BCUT2D eigenvalue weighted by molar-refractivity contribution is -0.127. The second kappa shape index (κ2) is 8.46. The quantitative estimate of drug-likeness (QED) is 0.499. The molecule has 2 N–H and O–H groups in total. The van der Waals surface area contributed by atoms with E-state index < -0.39 is 12.0 Å². The molecule has 2 aromatic carbocycles. The fraction of sp³-hybridized carbons (Fsp3) is 0.105. The minimum atomic E-state index is -0.762. The Kier molecular flexibility index (Phi) is 5.83. The molecule has 0 bridgehead atoms. The summed E-state index contributed by atoms with van der Waals surface area (Å²) in [6, 6.07) is 12.7. The van der Waals surface area contributed by atoms with Crippen LogP contribution in [0.5, 0.6) is 5.75 Å². The number of aromatic amines is 1. The number of carbonyl (C=O) groups is 1. The molecule has 27 heavy (non-hydrogen) atoms. The van der Waals surface area contributed by atoms with Crippen molar-refractivity contribution < 1.29 is 13.9 Å². The molecule has 0 spiro atoms. The third-order valence-electron chi connectivity index (χ3n) is 3.66. The molecule has 1 heterocycles. The zero-order valence-electron chi connectivity index (χ0n) is 14.3. The molecule has 0 aliphatic carbocycles. The van der Waals surface area contributed by atoms with Gasteiger partial charge in [-0.1, -0.05) is 17.7 Å². The fourth-order valence-electron chi connectivity index (χ4n) is 2.30. The van der Waals surface area contributed by atoms with E-state index in [1.165, 1.54) is 18.3 Å². The topological polar surface area (TPSA) is 79.4 Å². The van der Waals surface area contributed by atoms with Crippen molar-refractivity contribution in [3.63, 3.8) is 0 Å². The van der Waals surface area contributed by atoms with Gasteiger partial charge in [0, 0.05) is 16.1 Å². The number of halogens is 2. The Morgan fingerprint density at radius 1 is 1.33 bits per heavy atom. The second-order valence-electron chi connectivity index (χ2n) is 5.66. The number of nitrogens with zero attached hydrogens (tertiary/aromatic N) is 2. The second-order valence-corrected chi connectivity index (χ2v) is 6.10. The van der Waals surface area contributed by atoms with Gasteiger partial charge in [0.1, 0.15) is 11.6 Å². The summed E-state index contributed by atoms with van der Waals surface area (Å²) in [5.74, 6) is -0.255. The molecule has 1 amide bonds. The number of rotatable bonds is 6. The average Bonchev–Trinajstić information content (AvgIpc) is 3.10. The van der Waals surface area contributed by atoms with Crippen LogP contribution >= 0.6 is 11.6 Å². The first-order valence-corrected chi connectivity index (χ1v) is 8.45. The van der Waals surface area contributed by atoms with Crippen LogP contribution in [-0.2, 0) is 4.79 Å². The zero-order valence-corrected chi connectivity index (χ0v) is 15.1. The maximum absolute atomic E-state index is 13.1. The van der Waals surface area contributed by atoms with Crippen LogP contribution in [0, 0.1) is 5.82 Å². The maximum Gasteiger partial charge on any atom is 0.280 e. The molecule has 0 saturated carbocycles. The SMILES string of the molecule is C[C@H](Oc1cccc(Cl)c1)C(=O)N/N=C\c1cn[nH]c1-c1ccc(F)cc1. The molecular formula is C19H16ClFN4O2. The number of hydrogen-bond acceptors (Lipinski definition) is 4. The molecule has 8 heteroatoms. The Labute approximate surface area is 160 Å². The van der Waals surface area contributed by atoms with Gasteiger partial charge in [-0.2, -0.15) is 10.2 Å². The van der Waals surface area contributed by atoms with Crippen LogP contribution in [0.4, 0.5) is 4.39 Å². The highest BCUT2D eigenvalue weighted by Crippen LogP contribution is 2.20. The molecule has 1 aromatic heterocycles. The van der Waals surface area contributed by atoms with Crippen molar-refractivity contribution in [2.75, 3.05) is 0 Å². The highest BCUT2D eigenvalue weighted by molar-refractivity contribution is 6.30. The van der Waals surface area contributed by atoms with Crippen LogP contribution in [0.1, 0.15) is 12.5 Å². The number of hydrogen-bond donors (Lipinski definition) is 2. The number of ether oxygens (including phenoxy) is 1. The standard InChI is InChI=1S/C19H16ClFN4O2/c1-12(27-17-4-2-3-15(20)9-17)19(26)25-23-11-14-10-22-24-18(14)13-5-7-16(21)8-6-13/h2-12H,1H3,(H,22,24)(H,25,26)/b23-11-/t12-/m0/s1. The lowest BCUT2D eigenvalue weighted by Gasteiger charge is -2.12. The zero-order chi connectivity index (χ0) is 19.2. The van der Waals surface area contributed by atoms with Crippen molar-refractivity contribution in [2.45, 2.75) is 13.0 Å². The first-order valence-electron chi connectivity index (χ1n) is 8.07. The summed E-state index contributed by atoms with van der Waals surface area (Å²) >= 11 is 5.89. The van der Waals surface area contributed by atoms with Gasteiger partial charge in [0.15, 0.2) is 6.10 Å². The number of benzene rings is 2. The lowest BCUT2D eigenvalue weighted by Crippen LogP contribution is -2.33. The molecule has 0 radical (unpaired) electrons. The highest BCUT2D eigenvalue weighted by Gasteiger charge is 2.14. The summed E-state index contributed by atoms with van der Waals surface area (Å²) in [5.41, 5.74) is 4.47. The van der Waals surface area contributed by atoms with Crippen LogP contribution in [-0.4, -0.2) is 28.4 Å². The van der Waals surface area contributed by atoms with Crippen molar-refractivity contribution >= 4 is 23.7 Å². The summed E-state index contributed by atoms with van der Waals surface area (Å²) in [7, 11) is 0. The number of hydrazone groups is 1. The van der Waals surface area contributed by atoms with Gasteiger partial charge in [0.2, 0.25) is 0 Å². The molecule has 0 aliphatic heterocycles. The van der Waals surface area contributed by atoms with E-state index in [2.05, 4.69) is 20.7 Å². The Morgan fingerprint density at radius 3 is 2.85 bits per heavy atom. The minimum absolute atomic E-state index is 0.325. The molecule has 0 fully saturated rings. The van der Waals surface area contributed by atoms with E-state index in [9.17, 15) is 9.18 Å². The van der Waals surface area contributed by atoms with Crippen LogP contribution in [0.2, 0.25) is 5.02 Å². The first-order chi connectivity index (χ1) is 13.0. The van der Waals surface area contributed by atoms with E-state index in [0.29, 0.717) is 22.0 Å². The Hall–Kier alpha value is -3.19. The number of aromatic nitrogens is 2. The minimum Gasteiger partial charge on any atom is -0.481 e. The smallest absolute Gasteiger partial charge is 0.280 e. The average molecular weight is 387 g/mol. The monoisotopic (exact) mass is 386 g/mol. The van der Waals surface area contributed by atoms with Crippen LogP contribution < -0.4 is 10.2 Å². The van der Waals surface area contributed by atoms with Gasteiger partial charge in [-0.05, 0) is 49.4 Å². The van der Waals surface area contributed by atoms with Crippen LogP contribution in [0.25, 0.3) is 11.3 Å². The molecule has 0 saturated heterocycles. The Bertz CT molecular complexity index is 956. The third-order valence-corrected chi connectivity index (χ3v) is 3.89. The molecule has 6 nitrogen and oxygen atoms in total. The predicted octanol–water partition coefficient (Wildman–Crippen LogP) is 3.79. The van der Waals surface area contributed by atoms with Crippen molar-refractivity contribution in [1.29, 1.82) is 0 Å². The summed E-state index contributed by atoms with van der Waals surface area (Å²) < 4.78 is 18.6. The number of nitrogens with one attached hydrogen (secondary N) is 2. The molecule has 3 rings (SSSR count). The molecule has 3 aromatic rings.